The Hall–Kier alpha value is -3.16. The quantitative estimate of drug-likeness (QED) is 0.297. The summed E-state index contributed by atoms with van der Waals surface area (Å²) >= 11 is 0. The normalized spacial score (nSPS) is 10.6. The molecule has 0 aliphatic rings. The van der Waals surface area contributed by atoms with E-state index in [1.165, 1.54) is 5.82 Å². The molecule has 8 nitrogen and oxygen atoms in total. The molecular weight excluding hydrogens is 448 g/mol. The van der Waals surface area contributed by atoms with Crippen LogP contribution in [0.25, 0.3) is 0 Å². The van der Waals surface area contributed by atoms with E-state index < -0.39 is 0 Å². The predicted octanol–water partition coefficient (Wildman–Crippen LogP) is 7.04. The first kappa shape index (κ1) is 30.9. The second kappa shape index (κ2) is 15.8. The van der Waals surface area contributed by atoms with Crippen molar-refractivity contribution in [2.45, 2.75) is 107 Å². The van der Waals surface area contributed by atoms with Gasteiger partial charge in [0.2, 0.25) is 0 Å². The predicted molar refractivity (Wildman–Crippen MR) is 149 cm³/mol. The van der Waals surface area contributed by atoms with E-state index >= 15 is 0 Å². The van der Waals surface area contributed by atoms with Gasteiger partial charge >= 0.3 is 0 Å². The summed E-state index contributed by atoms with van der Waals surface area (Å²) in [5, 5.41) is 0. The van der Waals surface area contributed by atoms with Crippen molar-refractivity contribution in [1.82, 2.24) is 38.2 Å². The molecule has 0 unspecified atom stereocenters. The number of aryl methyl sites for hydroxylation is 3. The largest absolute Gasteiger partial charge is 0.335 e. The summed E-state index contributed by atoms with van der Waals surface area (Å²) in [5.74, 6) is 3.35. The summed E-state index contributed by atoms with van der Waals surface area (Å²) in [4.78, 5) is 16.3. The average molecular weight is 497 g/mol. The van der Waals surface area contributed by atoms with Gasteiger partial charge in [-0.25, -0.2) is 19.9 Å². The van der Waals surface area contributed by atoms with Gasteiger partial charge in [0.15, 0.2) is 0 Å². The Morgan fingerprint density at radius 2 is 1.03 bits per heavy atom. The van der Waals surface area contributed by atoms with Gasteiger partial charge < -0.3 is 18.3 Å². The molecule has 0 aliphatic carbocycles. The van der Waals surface area contributed by atoms with Crippen LogP contribution < -0.4 is 0 Å². The third-order valence-corrected chi connectivity index (χ3v) is 5.58. The van der Waals surface area contributed by atoms with Crippen LogP contribution in [-0.4, -0.2) is 38.2 Å². The van der Waals surface area contributed by atoms with E-state index in [0.29, 0.717) is 24.2 Å². The fourth-order valence-electron chi connectivity index (χ4n) is 3.53. The maximum absolute atomic E-state index is 4.22. The summed E-state index contributed by atoms with van der Waals surface area (Å²) in [6.45, 7) is 23.3. The molecule has 200 valence electrons. The molecule has 0 N–H and O–H groups in total. The first-order chi connectivity index (χ1) is 17.0. The highest BCUT2D eigenvalue weighted by Crippen LogP contribution is 2.08. The Morgan fingerprint density at radius 3 is 1.25 bits per heavy atom. The van der Waals surface area contributed by atoms with Gasteiger partial charge in [-0.1, -0.05) is 6.92 Å². The molecule has 0 bridgehead atoms. The smallest absolute Gasteiger partial charge is 0.108 e. The SMILES string of the molecule is CC(C)n1ccnc1.CCc1nccn1C(C)C.Cc1nccn1C(C)C.Cc1nccn1C(C)C. The summed E-state index contributed by atoms with van der Waals surface area (Å²) in [5.41, 5.74) is 0. The van der Waals surface area contributed by atoms with E-state index in [9.17, 15) is 0 Å². The molecule has 0 atom stereocenters. The molecule has 4 aromatic heterocycles. The Kier molecular flexibility index (Phi) is 13.5. The van der Waals surface area contributed by atoms with Crippen LogP contribution in [0.4, 0.5) is 0 Å². The van der Waals surface area contributed by atoms with E-state index in [2.05, 4.69) is 101 Å². The van der Waals surface area contributed by atoms with E-state index in [1.807, 2.05) is 63.6 Å². The summed E-state index contributed by atoms with van der Waals surface area (Å²) < 4.78 is 8.53. The fourth-order valence-corrected chi connectivity index (χ4v) is 3.53. The minimum Gasteiger partial charge on any atom is -0.335 e. The summed E-state index contributed by atoms with van der Waals surface area (Å²) in [6.07, 6.45) is 18.1. The molecule has 0 radical (unpaired) electrons. The van der Waals surface area contributed by atoms with Gasteiger partial charge in [-0.2, -0.15) is 0 Å². The number of rotatable bonds is 5. The molecule has 0 amide bonds. The Morgan fingerprint density at radius 1 is 0.583 bits per heavy atom. The number of imidazole rings is 4. The van der Waals surface area contributed by atoms with Crippen molar-refractivity contribution >= 4 is 0 Å². The van der Waals surface area contributed by atoms with Crippen LogP contribution >= 0.6 is 0 Å². The molecule has 0 aliphatic heterocycles. The first-order valence-electron chi connectivity index (χ1n) is 13.0. The molecule has 0 saturated carbocycles. The fraction of sp³-hybridized carbons (Fsp3) is 0.571. The monoisotopic (exact) mass is 496 g/mol. The van der Waals surface area contributed by atoms with Crippen LogP contribution in [-0.2, 0) is 6.42 Å². The maximum atomic E-state index is 4.22. The number of aromatic nitrogens is 8. The molecule has 0 aromatic carbocycles. The van der Waals surface area contributed by atoms with Crippen molar-refractivity contribution < 1.29 is 0 Å². The Bertz CT molecular complexity index is 1020. The molecule has 4 rings (SSSR count). The van der Waals surface area contributed by atoms with Gasteiger partial charge in [-0.05, 0) is 69.2 Å². The molecule has 8 heteroatoms. The highest BCUT2D eigenvalue weighted by molar-refractivity contribution is 4.93. The van der Waals surface area contributed by atoms with E-state index in [-0.39, 0.29) is 0 Å². The van der Waals surface area contributed by atoms with Gasteiger partial charge in [0.1, 0.15) is 17.5 Å². The van der Waals surface area contributed by atoms with E-state index in [0.717, 1.165) is 18.1 Å². The van der Waals surface area contributed by atoms with Crippen molar-refractivity contribution in [2.24, 2.45) is 0 Å². The number of hydrogen-bond acceptors (Lipinski definition) is 4. The van der Waals surface area contributed by atoms with Gasteiger partial charge in [-0.3, -0.25) is 0 Å². The molecule has 36 heavy (non-hydrogen) atoms. The van der Waals surface area contributed by atoms with Crippen LogP contribution in [0.15, 0.2) is 55.9 Å². The molecule has 0 fully saturated rings. The van der Waals surface area contributed by atoms with Gasteiger partial charge in [0.05, 0.1) is 6.33 Å². The average Bonchev–Trinajstić information content (AvgIpc) is 3.61. The lowest BCUT2D eigenvalue weighted by molar-refractivity contribution is 0.571. The highest BCUT2D eigenvalue weighted by Gasteiger charge is 2.02. The zero-order chi connectivity index (χ0) is 27.3. The van der Waals surface area contributed by atoms with Crippen molar-refractivity contribution in [1.29, 1.82) is 0 Å². The van der Waals surface area contributed by atoms with E-state index in [1.54, 1.807) is 6.20 Å². The Balaban J connectivity index is 0.000000241. The molecule has 4 aromatic rings. The summed E-state index contributed by atoms with van der Waals surface area (Å²) in [6, 6.07) is 2.15. The minimum atomic E-state index is 0.535. The number of nitrogens with zero attached hydrogens (tertiary/aromatic N) is 8. The van der Waals surface area contributed by atoms with Crippen molar-refractivity contribution in [2.75, 3.05) is 0 Å². The van der Waals surface area contributed by atoms with Crippen molar-refractivity contribution in [3.05, 3.63) is 73.4 Å². The van der Waals surface area contributed by atoms with Crippen LogP contribution in [0.5, 0.6) is 0 Å². The summed E-state index contributed by atoms with van der Waals surface area (Å²) in [7, 11) is 0. The second-order valence-corrected chi connectivity index (χ2v) is 9.75. The zero-order valence-corrected chi connectivity index (χ0v) is 24.3. The standard InChI is InChI=1S/C8H14N2.2C7H12N2.C6H10N2/c1-4-8-9-5-6-10(8)7(2)3;2*1-6(2)9-5-4-8-7(9)3;1-6(2)8-4-3-7-5-8/h5-7H,4H2,1-3H3;2*4-6H,1-3H3;3-6H,1-2H3. The lowest BCUT2D eigenvalue weighted by atomic mass is 10.3. The highest BCUT2D eigenvalue weighted by atomic mass is 15.1. The lowest BCUT2D eigenvalue weighted by Gasteiger charge is -2.08. The first-order valence-corrected chi connectivity index (χ1v) is 13.0. The molecule has 0 spiro atoms. The lowest BCUT2D eigenvalue weighted by Crippen LogP contribution is -2.03. The van der Waals surface area contributed by atoms with Crippen LogP contribution in [0.3, 0.4) is 0 Å². The van der Waals surface area contributed by atoms with E-state index in [4.69, 9.17) is 0 Å². The van der Waals surface area contributed by atoms with Crippen LogP contribution in [0.2, 0.25) is 0 Å². The van der Waals surface area contributed by atoms with Crippen LogP contribution in [0.1, 0.15) is 104 Å². The van der Waals surface area contributed by atoms with Gasteiger partial charge in [0.25, 0.3) is 0 Å². The third-order valence-electron chi connectivity index (χ3n) is 5.58. The Labute approximate surface area is 218 Å². The minimum absolute atomic E-state index is 0.535. The van der Waals surface area contributed by atoms with Crippen molar-refractivity contribution in [3.8, 4) is 0 Å². The third kappa shape index (κ3) is 10.2. The molecule has 4 heterocycles. The molecule has 0 saturated heterocycles. The zero-order valence-electron chi connectivity index (χ0n) is 24.3. The second-order valence-electron chi connectivity index (χ2n) is 9.75. The van der Waals surface area contributed by atoms with Crippen molar-refractivity contribution in [3.63, 3.8) is 0 Å². The topological polar surface area (TPSA) is 71.3 Å². The number of hydrogen-bond donors (Lipinski definition) is 0. The van der Waals surface area contributed by atoms with Gasteiger partial charge in [-0.15, -0.1) is 0 Å². The molecular formula is C28H48N8. The van der Waals surface area contributed by atoms with Gasteiger partial charge in [0, 0.05) is 80.2 Å². The van der Waals surface area contributed by atoms with Crippen LogP contribution in [0, 0.1) is 13.8 Å². The maximum Gasteiger partial charge on any atom is 0.108 e.